The summed E-state index contributed by atoms with van der Waals surface area (Å²) in [5, 5.41) is 11.4. The van der Waals surface area contributed by atoms with Crippen LogP contribution in [0.1, 0.15) is 0 Å². The molecule has 1 heterocycles. The van der Waals surface area contributed by atoms with E-state index in [0.717, 1.165) is 0 Å². The number of primary amides is 1. The number of carbonyl (C=O) groups is 1. The Morgan fingerprint density at radius 1 is 1.89 bits per heavy atom. The number of nitrogens with zero attached hydrogens (tertiary/aromatic N) is 2. The lowest BCUT2D eigenvalue weighted by molar-refractivity contribution is 0.259. The second kappa shape index (κ2) is 2.12. The Labute approximate surface area is 50.4 Å². The Balaban J connectivity index is 2.58. The molecule has 0 saturated carbocycles. The van der Waals surface area contributed by atoms with Crippen LogP contribution in [0.3, 0.4) is 0 Å². The Hall–Kier alpha value is -1.59. The maximum absolute atomic E-state index is 10.1. The summed E-state index contributed by atoms with van der Waals surface area (Å²) in [6, 6.07) is -0.638. The summed E-state index contributed by atoms with van der Waals surface area (Å²) in [7, 11) is 0. The minimum Gasteiger partial charge on any atom is -0.351 e. The van der Waals surface area contributed by atoms with Crippen LogP contribution in [-0.4, -0.2) is 21.4 Å². The number of nitrogens with one attached hydrogen (secondary N) is 2. The molecule has 0 aliphatic rings. The van der Waals surface area contributed by atoms with Gasteiger partial charge in [0.15, 0.2) is 0 Å². The van der Waals surface area contributed by atoms with Gasteiger partial charge in [0.05, 0.1) is 6.20 Å². The Morgan fingerprint density at radius 2 is 2.67 bits per heavy atom. The molecule has 0 atom stereocenters. The number of aromatic amines is 1. The molecule has 48 valence electrons. The molecule has 4 N–H and O–H groups in total. The molecular weight excluding hydrogens is 122 g/mol. The minimum absolute atomic E-state index is 0.391. The van der Waals surface area contributed by atoms with Gasteiger partial charge in [0, 0.05) is 0 Å². The van der Waals surface area contributed by atoms with Crippen LogP contribution in [0.2, 0.25) is 0 Å². The summed E-state index contributed by atoms with van der Waals surface area (Å²) in [5.41, 5.74) is 4.76. The highest BCUT2D eigenvalue weighted by atomic mass is 16.2. The van der Waals surface area contributed by atoms with Gasteiger partial charge in [-0.2, -0.15) is 0 Å². The largest absolute Gasteiger partial charge is 0.351 e. The first-order valence-corrected chi connectivity index (χ1v) is 2.21. The summed E-state index contributed by atoms with van der Waals surface area (Å²) < 4.78 is 0. The van der Waals surface area contributed by atoms with Gasteiger partial charge in [-0.3, -0.25) is 5.32 Å². The van der Waals surface area contributed by atoms with Crippen LogP contribution in [0.15, 0.2) is 6.20 Å². The van der Waals surface area contributed by atoms with Gasteiger partial charge in [-0.05, 0) is 0 Å². The van der Waals surface area contributed by atoms with E-state index in [9.17, 15) is 4.79 Å². The number of rotatable bonds is 1. The van der Waals surface area contributed by atoms with E-state index in [4.69, 9.17) is 5.73 Å². The van der Waals surface area contributed by atoms with Crippen LogP contribution in [0.25, 0.3) is 0 Å². The number of nitrogens with two attached hydrogens (primary N) is 1. The summed E-state index contributed by atoms with van der Waals surface area (Å²) in [6.45, 7) is 0. The van der Waals surface area contributed by atoms with Crippen LogP contribution in [0, 0.1) is 0 Å². The van der Waals surface area contributed by atoms with E-state index in [1.807, 2.05) is 0 Å². The lowest BCUT2D eigenvalue weighted by atomic mass is 10.7. The predicted molar refractivity (Wildman–Crippen MR) is 29.6 cm³/mol. The molecule has 6 nitrogen and oxygen atoms in total. The van der Waals surface area contributed by atoms with Gasteiger partial charge >= 0.3 is 6.03 Å². The van der Waals surface area contributed by atoms with Crippen molar-refractivity contribution in [1.29, 1.82) is 0 Å². The molecule has 6 heteroatoms. The zero-order valence-corrected chi connectivity index (χ0v) is 4.46. The number of anilines is 1. The lowest BCUT2D eigenvalue weighted by Crippen LogP contribution is -2.19. The van der Waals surface area contributed by atoms with Gasteiger partial charge < -0.3 is 5.73 Å². The normalized spacial score (nSPS) is 8.89. The maximum Gasteiger partial charge on any atom is 0.317 e. The van der Waals surface area contributed by atoms with E-state index in [1.54, 1.807) is 0 Å². The quantitative estimate of drug-likeness (QED) is 0.465. The lowest BCUT2D eigenvalue weighted by Gasteiger charge is -1.91. The molecule has 0 fully saturated rings. The third kappa shape index (κ3) is 1.41. The van der Waals surface area contributed by atoms with Crippen molar-refractivity contribution < 1.29 is 4.79 Å². The van der Waals surface area contributed by atoms with Crippen molar-refractivity contribution in [2.75, 3.05) is 5.32 Å². The Morgan fingerprint density at radius 3 is 3.11 bits per heavy atom. The number of hydrogen-bond acceptors (Lipinski definition) is 3. The number of hydrogen-bond donors (Lipinski definition) is 3. The molecule has 0 aliphatic carbocycles. The van der Waals surface area contributed by atoms with Crippen LogP contribution in [-0.2, 0) is 0 Å². The van der Waals surface area contributed by atoms with Crippen molar-refractivity contribution in [3.63, 3.8) is 0 Å². The topological polar surface area (TPSA) is 96.7 Å². The molecule has 0 aromatic carbocycles. The molecule has 1 rings (SSSR count). The van der Waals surface area contributed by atoms with E-state index < -0.39 is 6.03 Å². The average Bonchev–Trinajstić information content (AvgIpc) is 2.15. The van der Waals surface area contributed by atoms with E-state index >= 15 is 0 Å². The van der Waals surface area contributed by atoms with Gasteiger partial charge in [0.1, 0.15) is 5.82 Å². The number of urea groups is 1. The van der Waals surface area contributed by atoms with Gasteiger partial charge in [0.25, 0.3) is 0 Å². The molecule has 1 aromatic heterocycles. The van der Waals surface area contributed by atoms with E-state index in [1.165, 1.54) is 6.20 Å². The van der Waals surface area contributed by atoms with E-state index in [2.05, 4.69) is 20.7 Å². The minimum atomic E-state index is -0.638. The molecule has 0 aliphatic heterocycles. The molecule has 1 aromatic rings. The van der Waals surface area contributed by atoms with E-state index in [0.29, 0.717) is 5.82 Å². The molecule has 0 saturated heterocycles. The molecule has 0 spiro atoms. The number of amides is 2. The number of aromatic nitrogens is 3. The summed E-state index contributed by atoms with van der Waals surface area (Å²) in [5.74, 6) is 0.391. The van der Waals surface area contributed by atoms with Crippen molar-refractivity contribution in [3.05, 3.63) is 6.20 Å². The van der Waals surface area contributed by atoms with Crippen molar-refractivity contribution in [1.82, 2.24) is 15.4 Å². The van der Waals surface area contributed by atoms with Crippen molar-refractivity contribution >= 4 is 11.8 Å². The van der Waals surface area contributed by atoms with Gasteiger partial charge in [-0.25, -0.2) is 9.89 Å². The third-order valence-corrected chi connectivity index (χ3v) is 0.673. The first-order valence-electron chi connectivity index (χ1n) is 2.21. The van der Waals surface area contributed by atoms with Crippen molar-refractivity contribution in [2.24, 2.45) is 5.73 Å². The molecule has 0 radical (unpaired) electrons. The van der Waals surface area contributed by atoms with E-state index in [-0.39, 0.29) is 0 Å². The first-order chi connectivity index (χ1) is 4.29. The zero-order valence-electron chi connectivity index (χ0n) is 4.46. The van der Waals surface area contributed by atoms with Gasteiger partial charge in [-0.1, -0.05) is 5.21 Å². The maximum atomic E-state index is 10.1. The molecule has 0 bridgehead atoms. The summed E-state index contributed by atoms with van der Waals surface area (Å²) in [6.07, 6.45) is 1.35. The van der Waals surface area contributed by atoms with Gasteiger partial charge in [-0.15, -0.1) is 5.10 Å². The van der Waals surface area contributed by atoms with Crippen molar-refractivity contribution in [3.8, 4) is 0 Å². The zero-order chi connectivity index (χ0) is 6.69. The monoisotopic (exact) mass is 127 g/mol. The molecule has 9 heavy (non-hydrogen) atoms. The molecule has 2 amide bonds. The Bertz CT molecular complexity index is 192. The third-order valence-electron chi connectivity index (χ3n) is 0.673. The predicted octanol–water partition coefficient (Wildman–Crippen LogP) is -0.705. The SMILES string of the molecule is NC(=O)Nc1cnn[nH]1. The first kappa shape index (κ1) is 5.54. The highest BCUT2D eigenvalue weighted by Gasteiger charge is 1.94. The van der Waals surface area contributed by atoms with Crippen LogP contribution < -0.4 is 11.1 Å². The van der Waals surface area contributed by atoms with Crippen LogP contribution in [0.5, 0.6) is 0 Å². The smallest absolute Gasteiger partial charge is 0.317 e. The second-order valence-electron chi connectivity index (χ2n) is 1.36. The number of carbonyl (C=O) groups excluding carboxylic acids is 1. The summed E-state index contributed by atoms with van der Waals surface area (Å²) in [4.78, 5) is 10.1. The van der Waals surface area contributed by atoms with Crippen molar-refractivity contribution in [2.45, 2.75) is 0 Å². The summed E-state index contributed by atoms with van der Waals surface area (Å²) >= 11 is 0. The fourth-order valence-corrected chi connectivity index (χ4v) is 0.391. The fraction of sp³-hybridized carbons (Fsp3) is 0. The van der Waals surface area contributed by atoms with Gasteiger partial charge in [0.2, 0.25) is 0 Å². The molecular formula is C3H5N5O. The second-order valence-corrected chi connectivity index (χ2v) is 1.36. The Kier molecular flexibility index (Phi) is 1.31. The van der Waals surface area contributed by atoms with Crippen LogP contribution >= 0.6 is 0 Å². The fourth-order valence-electron chi connectivity index (χ4n) is 0.391. The van der Waals surface area contributed by atoms with Crippen LogP contribution in [0.4, 0.5) is 10.6 Å². The number of H-pyrrole nitrogens is 1. The highest BCUT2D eigenvalue weighted by Crippen LogP contribution is 1.92. The highest BCUT2D eigenvalue weighted by molar-refractivity contribution is 5.86. The molecule has 0 unspecified atom stereocenters. The standard InChI is InChI=1S/C3H5N5O/c4-3(9)6-2-1-5-8-7-2/h1H,(H4,4,5,6,7,8,9). The average molecular weight is 127 g/mol.